The first-order valence-electron chi connectivity index (χ1n) is 10.4. The summed E-state index contributed by atoms with van der Waals surface area (Å²) in [5.74, 6) is -0.146. The molecule has 1 aromatic carbocycles. The number of rotatable bonds is 6. The Morgan fingerprint density at radius 2 is 1.94 bits per heavy atom. The van der Waals surface area contributed by atoms with E-state index >= 15 is 0 Å². The molecule has 1 N–H and O–H groups in total. The van der Waals surface area contributed by atoms with Crippen LogP contribution in [0.3, 0.4) is 0 Å². The van der Waals surface area contributed by atoms with Gasteiger partial charge in [-0.1, -0.05) is 13.8 Å². The normalized spacial score (nSPS) is 18.9. The molecule has 1 aliphatic heterocycles. The molecule has 0 saturated carbocycles. The number of benzene rings is 1. The third kappa shape index (κ3) is 4.64. The Bertz CT molecular complexity index is 1050. The van der Waals surface area contributed by atoms with Crippen LogP contribution in [0.1, 0.15) is 50.3 Å². The summed E-state index contributed by atoms with van der Waals surface area (Å²) in [6, 6.07) is 7.98. The first kappa shape index (κ1) is 21.1. The zero-order valence-electron chi connectivity index (χ0n) is 17.5. The first-order chi connectivity index (χ1) is 14.9. The Hall–Kier alpha value is -3.13. The Morgan fingerprint density at radius 1 is 1.23 bits per heavy atom. The zero-order chi connectivity index (χ0) is 22.0. The summed E-state index contributed by atoms with van der Waals surface area (Å²) in [5, 5.41) is 14.7. The number of aliphatic hydroxyl groups is 1. The molecule has 31 heavy (non-hydrogen) atoms. The van der Waals surface area contributed by atoms with Gasteiger partial charge in [-0.25, -0.2) is 14.4 Å². The van der Waals surface area contributed by atoms with E-state index in [0.29, 0.717) is 25.2 Å². The number of nitrogens with zero attached hydrogens (tertiary/aromatic N) is 4. The second-order valence-corrected chi connectivity index (χ2v) is 8.08. The van der Waals surface area contributed by atoms with E-state index in [2.05, 4.69) is 23.8 Å². The van der Waals surface area contributed by atoms with Crippen molar-refractivity contribution < 1.29 is 19.0 Å². The van der Waals surface area contributed by atoms with Crippen molar-refractivity contribution in [1.29, 1.82) is 0 Å². The lowest BCUT2D eigenvalue weighted by Gasteiger charge is -2.26. The van der Waals surface area contributed by atoms with E-state index in [1.807, 2.05) is 0 Å². The van der Waals surface area contributed by atoms with Crippen LogP contribution in [0.2, 0.25) is 0 Å². The lowest BCUT2D eigenvalue weighted by molar-refractivity contribution is -0.160. The Balaban J connectivity index is 1.77. The van der Waals surface area contributed by atoms with Gasteiger partial charge in [0.15, 0.2) is 0 Å². The van der Waals surface area contributed by atoms with Crippen LogP contribution in [0.4, 0.5) is 4.39 Å². The number of hydrogen-bond donors (Lipinski definition) is 1. The summed E-state index contributed by atoms with van der Waals surface area (Å²) in [5.41, 5.74) is 3.45. The maximum absolute atomic E-state index is 13.6. The van der Waals surface area contributed by atoms with Crippen LogP contribution in [-0.4, -0.2) is 43.0 Å². The molecule has 0 bridgehead atoms. The monoisotopic (exact) mass is 424 g/mol. The Morgan fingerprint density at radius 3 is 2.58 bits per heavy atom. The highest BCUT2D eigenvalue weighted by atomic mass is 19.1. The fourth-order valence-corrected chi connectivity index (χ4v) is 3.97. The summed E-state index contributed by atoms with van der Waals surface area (Å²) < 4.78 is 20.7. The predicted molar refractivity (Wildman–Crippen MR) is 112 cm³/mol. The molecule has 3 heterocycles. The van der Waals surface area contributed by atoms with Crippen LogP contribution < -0.4 is 0 Å². The van der Waals surface area contributed by atoms with Gasteiger partial charge >= 0.3 is 5.97 Å². The molecule has 1 aliphatic rings. The number of ether oxygens (including phenoxy) is 1. The SMILES string of the molecule is CC(C)c1nn(-c2ncccn2)c(-c2ccc(F)cc2)c1CC[C@H]1C[C@@H](O)CC(=O)O1. The highest BCUT2D eigenvalue weighted by Gasteiger charge is 2.29. The van der Waals surface area contributed by atoms with E-state index in [1.165, 1.54) is 12.1 Å². The summed E-state index contributed by atoms with van der Waals surface area (Å²) in [4.78, 5) is 20.4. The van der Waals surface area contributed by atoms with Crippen molar-refractivity contribution in [1.82, 2.24) is 19.7 Å². The van der Waals surface area contributed by atoms with Crippen molar-refractivity contribution in [2.75, 3.05) is 0 Å². The van der Waals surface area contributed by atoms with Crippen molar-refractivity contribution in [3.8, 4) is 17.2 Å². The largest absolute Gasteiger partial charge is 0.462 e. The molecule has 2 atom stereocenters. The topological polar surface area (TPSA) is 90.1 Å². The molecule has 162 valence electrons. The molecule has 3 aromatic rings. The summed E-state index contributed by atoms with van der Waals surface area (Å²) in [7, 11) is 0. The van der Waals surface area contributed by atoms with Crippen LogP contribution in [0.5, 0.6) is 0 Å². The van der Waals surface area contributed by atoms with Crippen molar-refractivity contribution in [2.24, 2.45) is 0 Å². The van der Waals surface area contributed by atoms with E-state index in [4.69, 9.17) is 9.84 Å². The molecule has 1 saturated heterocycles. The molecule has 0 unspecified atom stereocenters. The third-order valence-corrected chi connectivity index (χ3v) is 5.37. The quantitative estimate of drug-likeness (QED) is 0.608. The smallest absolute Gasteiger partial charge is 0.308 e. The van der Waals surface area contributed by atoms with Crippen molar-refractivity contribution >= 4 is 5.97 Å². The van der Waals surface area contributed by atoms with Crippen LogP contribution in [0.25, 0.3) is 17.2 Å². The predicted octanol–water partition coefficient (Wildman–Crippen LogP) is 3.59. The fraction of sp³-hybridized carbons (Fsp3) is 0.391. The number of aliphatic hydroxyl groups excluding tert-OH is 1. The summed E-state index contributed by atoms with van der Waals surface area (Å²) in [6.45, 7) is 4.11. The average Bonchev–Trinajstić information content (AvgIpc) is 3.12. The molecule has 0 aliphatic carbocycles. The van der Waals surface area contributed by atoms with Gasteiger partial charge in [-0.05, 0) is 49.1 Å². The minimum absolute atomic E-state index is 0.0395. The average molecular weight is 424 g/mol. The van der Waals surface area contributed by atoms with Gasteiger partial charge in [0.25, 0.3) is 5.95 Å². The maximum atomic E-state index is 13.6. The van der Waals surface area contributed by atoms with E-state index in [9.17, 15) is 14.3 Å². The second-order valence-electron chi connectivity index (χ2n) is 8.08. The van der Waals surface area contributed by atoms with Crippen LogP contribution in [-0.2, 0) is 16.0 Å². The van der Waals surface area contributed by atoms with Gasteiger partial charge in [-0.3, -0.25) is 4.79 Å². The van der Waals surface area contributed by atoms with Crippen molar-refractivity contribution in [2.45, 2.75) is 57.7 Å². The van der Waals surface area contributed by atoms with E-state index in [1.54, 1.807) is 35.3 Å². The number of carbonyl (C=O) groups excluding carboxylic acids is 1. The van der Waals surface area contributed by atoms with E-state index in [-0.39, 0.29) is 30.2 Å². The van der Waals surface area contributed by atoms with Gasteiger partial charge in [0, 0.05) is 29.9 Å². The molecule has 1 fully saturated rings. The molecular formula is C23H25FN4O3. The van der Waals surface area contributed by atoms with Crippen LogP contribution >= 0.6 is 0 Å². The molecule has 8 heteroatoms. The number of carbonyl (C=O) groups is 1. The van der Waals surface area contributed by atoms with Crippen LogP contribution in [0, 0.1) is 5.82 Å². The maximum Gasteiger partial charge on any atom is 0.308 e. The standard InChI is InChI=1S/C23H25FN4O3/c1-14(2)21-19(9-8-18-12-17(29)13-20(30)31-18)22(15-4-6-16(24)7-5-15)28(27-21)23-25-10-3-11-26-23/h3-7,10-11,14,17-18,29H,8-9,12-13H2,1-2H3/t17-,18+/m1/s1. The van der Waals surface area contributed by atoms with Gasteiger partial charge < -0.3 is 9.84 Å². The van der Waals surface area contributed by atoms with Crippen LogP contribution in [0.15, 0.2) is 42.7 Å². The minimum atomic E-state index is -0.673. The zero-order valence-corrected chi connectivity index (χ0v) is 17.5. The molecule has 7 nitrogen and oxygen atoms in total. The highest BCUT2D eigenvalue weighted by molar-refractivity contribution is 5.71. The molecule has 4 rings (SSSR count). The van der Waals surface area contributed by atoms with Gasteiger partial charge in [0.2, 0.25) is 0 Å². The lowest BCUT2D eigenvalue weighted by atomic mass is 9.93. The number of cyclic esters (lactones) is 1. The first-order valence-corrected chi connectivity index (χ1v) is 10.4. The van der Waals surface area contributed by atoms with Crippen molar-refractivity contribution in [3.05, 3.63) is 59.8 Å². The number of aromatic nitrogens is 4. The van der Waals surface area contributed by atoms with Gasteiger partial charge in [-0.15, -0.1) is 0 Å². The molecule has 2 aromatic heterocycles. The fourth-order valence-electron chi connectivity index (χ4n) is 3.97. The third-order valence-electron chi connectivity index (χ3n) is 5.37. The van der Waals surface area contributed by atoms with Gasteiger partial charge in [0.05, 0.1) is 23.9 Å². The van der Waals surface area contributed by atoms with E-state index in [0.717, 1.165) is 22.5 Å². The number of esters is 1. The van der Waals surface area contributed by atoms with E-state index < -0.39 is 6.10 Å². The lowest BCUT2D eigenvalue weighted by Crippen LogP contribution is -2.32. The molecular weight excluding hydrogens is 399 g/mol. The second kappa shape index (κ2) is 8.93. The minimum Gasteiger partial charge on any atom is -0.462 e. The molecule has 0 amide bonds. The highest BCUT2D eigenvalue weighted by Crippen LogP contribution is 2.34. The molecule has 0 radical (unpaired) electrons. The Labute approximate surface area is 179 Å². The Kier molecular flexibility index (Phi) is 6.08. The summed E-state index contributed by atoms with van der Waals surface area (Å²) in [6.07, 6.45) is 3.87. The molecule has 0 spiro atoms. The summed E-state index contributed by atoms with van der Waals surface area (Å²) >= 11 is 0. The number of hydrogen-bond acceptors (Lipinski definition) is 6. The van der Waals surface area contributed by atoms with Gasteiger partial charge in [0.1, 0.15) is 11.9 Å². The van der Waals surface area contributed by atoms with Crippen molar-refractivity contribution in [3.63, 3.8) is 0 Å². The number of halogens is 1. The van der Waals surface area contributed by atoms with Gasteiger partial charge in [-0.2, -0.15) is 9.78 Å².